The van der Waals surface area contributed by atoms with Crippen LogP contribution < -0.4 is 15.4 Å². The number of methoxy groups -OCH3 is 1. The molecule has 0 saturated carbocycles. The molecule has 0 atom stereocenters. The van der Waals surface area contributed by atoms with E-state index in [0.717, 1.165) is 54.8 Å². The Morgan fingerprint density at radius 1 is 1.24 bits per heavy atom. The van der Waals surface area contributed by atoms with E-state index in [9.17, 15) is 0 Å². The number of guanidine groups is 1. The summed E-state index contributed by atoms with van der Waals surface area (Å²) >= 11 is 1.69. The van der Waals surface area contributed by atoms with Gasteiger partial charge in [0.2, 0.25) is 0 Å². The van der Waals surface area contributed by atoms with Crippen LogP contribution in [-0.4, -0.2) is 38.2 Å². The van der Waals surface area contributed by atoms with E-state index < -0.39 is 0 Å². The number of aryl methyl sites for hydroxylation is 2. The molecule has 7 heteroatoms. The molecule has 1 aromatic heterocycles. The van der Waals surface area contributed by atoms with E-state index >= 15 is 0 Å². The number of halogens is 1. The summed E-state index contributed by atoms with van der Waals surface area (Å²) in [5.41, 5.74) is 2.43. The Labute approximate surface area is 171 Å². The third-order valence-corrected chi connectivity index (χ3v) is 4.45. The average Bonchev–Trinajstić information content (AvgIpc) is 3.02. The van der Waals surface area contributed by atoms with Crippen LogP contribution in [0, 0.1) is 6.92 Å². The lowest BCUT2D eigenvalue weighted by Crippen LogP contribution is -2.38. The summed E-state index contributed by atoms with van der Waals surface area (Å²) in [4.78, 5) is 8.72. The van der Waals surface area contributed by atoms with Gasteiger partial charge in [-0.1, -0.05) is 12.1 Å². The maximum absolute atomic E-state index is 5.25. The molecule has 1 aromatic carbocycles. The fourth-order valence-electron chi connectivity index (χ4n) is 2.38. The van der Waals surface area contributed by atoms with E-state index in [0.29, 0.717) is 0 Å². The van der Waals surface area contributed by atoms with Crippen LogP contribution in [0.5, 0.6) is 5.75 Å². The molecule has 0 saturated heterocycles. The average molecular weight is 474 g/mol. The van der Waals surface area contributed by atoms with Crippen molar-refractivity contribution in [3.05, 3.63) is 45.9 Å². The summed E-state index contributed by atoms with van der Waals surface area (Å²) in [7, 11) is 3.49. The second kappa shape index (κ2) is 12.1. The summed E-state index contributed by atoms with van der Waals surface area (Å²) in [6.45, 7) is 3.75. The van der Waals surface area contributed by atoms with E-state index in [1.54, 1.807) is 25.5 Å². The van der Waals surface area contributed by atoms with Gasteiger partial charge in [-0.3, -0.25) is 4.99 Å². The first-order valence-corrected chi connectivity index (χ1v) is 9.07. The number of benzene rings is 1. The Balaban J connectivity index is 0.00000312. The second-order valence-corrected chi connectivity index (χ2v) is 6.55. The van der Waals surface area contributed by atoms with Crippen molar-refractivity contribution in [2.45, 2.75) is 26.2 Å². The number of aromatic nitrogens is 1. The van der Waals surface area contributed by atoms with Crippen LogP contribution in [-0.2, 0) is 12.8 Å². The smallest absolute Gasteiger partial charge is 0.190 e. The molecule has 2 N–H and O–H groups in total. The van der Waals surface area contributed by atoms with Crippen LogP contribution in [0.25, 0.3) is 0 Å². The number of aliphatic imine (C=N–C) groups is 1. The molecule has 0 aliphatic rings. The molecular weight excluding hydrogens is 447 g/mol. The van der Waals surface area contributed by atoms with Crippen molar-refractivity contribution in [1.29, 1.82) is 0 Å². The zero-order valence-corrected chi connectivity index (χ0v) is 18.2. The SMILES string of the molecule is CN=C(NCCCc1cccc(OC)c1)NCCc1csc(C)n1.I. The Kier molecular flexibility index (Phi) is 10.5. The van der Waals surface area contributed by atoms with Gasteiger partial charge in [0.25, 0.3) is 0 Å². The van der Waals surface area contributed by atoms with Crippen molar-refractivity contribution in [2.24, 2.45) is 4.99 Å². The molecule has 0 amide bonds. The topological polar surface area (TPSA) is 58.5 Å². The monoisotopic (exact) mass is 474 g/mol. The van der Waals surface area contributed by atoms with Crippen molar-refractivity contribution in [1.82, 2.24) is 15.6 Å². The molecule has 0 unspecified atom stereocenters. The minimum atomic E-state index is 0. The second-order valence-electron chi connectivity index (χ2n) is 5.49. The lowest BCUT2D eigenvalue weighted by Gasteiger charge is -2.11. The highest BCUT2D eigenvalue weighted by molar-refractivity contribution is 14.0. The molecule has 25 heavy (non-hydrogen) atoms. The molecule has 0 aliphatic carbocycles. The Bertz CT molecular complexity index is 660. The fraction of sp³-hybridized carbons (Fsp3) is 0.444. The highest BCUT2D eigenvalue weighted by Crippen LogP contribution is 2.13. The maximum atomic E-state index is 5.25. The molecule has 0 bridgehead atoms. The molecule has 1 heterocycles. The first-order chi connectivity index (χ1) is 11.7. The van der Waals surface area contributed by atoms with E-state index in [2.05, 4.69) is 38.1 Å². The number of hydrogen-bond acceptors (Lipinski definition) is 4. The third kappa shape index (κ3) is 8.04. The zero-order valence-electron chi connectivity index (χ0n) is 15.0. The lowest BCUT2D eigenvalue weighted by molar-refractivity contribution is 0.414. The van der Waals surface area contributed by atoms with Crippen molar-refractivity contribution in [3.63, 3.8) is 0 Å². The predicted molar refractivity (Wildman–Crippen MR) is 117 cm³/mol. The van der Waals surface area contributed by atoms with Gasteiger partial charge in [-0.05, 0) is 37.5 Å². The quantitative estimate of drug-likeness (QED) is 0.267. The van der Waals surface area contributed by atoms with Crippen LogP contribution in [0.4, 0.5) is 0 Å². The number of hydrogen-bond donors (Lipinski definition) is 2. The molecule has 0 fully saturated rings. The van der Waals surface area contributed by atoms with Gasteiger partial charge in [0.15, 0.2) is 5.96 Å². The summed E-state index contributed by atoms with van der Waals surface area (Å²) < 4.78 is 5.25. The number of rotatable bonds is 8. The summed E-state index contributed by atoms with van der Waals surface area (Å²) in [5.74, 6) is 1.75. The van der Waals surface area contributed by atoms with Crippen LogP contribution in [0.15, 0.2) is 34.6 Å². The van der Waals surface area contributed by atoms with Crippen LogP contribution in [0.3, 0.4) is 0 Å². The standard InChI is InChI=1S/C18H26N4OS.HI/c1-14-22-16(13-24-14)9-11-21-18(19-2)20-10-5-7-15-6-4-8-17(12-15)23-3;/h4,6,8,12-13H,5,7,9-11H2,1-3H3,(H2,19,20,21);1H. The number of nitrogens with zero attached hydrogens (tertiary/aromatic N) is 2. The molecular formula is C18H27IN4OS. The Morgan fingerprint density at radius 2 is 2.04 bits per heavy atom. The molecule has 2 aromatic rings. The largest absolute Gasteiger partial charge is 0.497 e. The van der Waals surface area contributed by atoms with E-state index in [1.165, 1.54) is 5.56 Å². The van der Waals surface area contributed by atoms with Gasteiger partial charge in [0.1, 0.15) is 5.75 Å². The minimum absolute atomic E-state index is 0. The molecule has 5 nitrogen and oxygen atoms in total. The van der Waals surface area contributed by atoms with Crippen molar-refractivity contribution < 1.29 is 4.74 Å². The number of nitrogens with one attached hydrogen (secondary N) is 2. The minimum Gasteiger partial charge on any atom is -0.497 e. The first kappa shape index (κ1) is 21.7. The summed E-state index contributed by atoms with van der Waals surface area (Å²) in [6, 6.07) is 8.22. The number of ether oxygens (including phenoxy) is 1. The van der Waals surface area contributed by atoms with E-state index in [4.69, 9.17) is 4.74 Å². The normalized spacial score (nSPS) is 10.9. The fourth-order valence-corrected chi connectivity index (χ4v) is 3.03. The first-order valence-electron chi connectivity index (χ1n) is 8.19. The molecule has 138 valence electrons. The van der Waals surface area contributed by atoms with Crippen LogP contribution in [0.2, 0.25) is 0 Å². The summed E-state index contributed by atoms with van der Waals surface area (Å²) in [6.07, 6.45) is 2.97. The Hall–Kier alpha value is -1.35. The highest BCUT2D eigenvalue weighted by atomic mass is 127. The van der Waals surface area contributed by atoms with Crippen molar-refractivity contribution in [2.75, 3.05) is 27.2 Å². The molecule has 0 aliphatic heterocycles. The van der Waals surface area contributed by atoms with Gasteiger partial charge >= 0.3 is 0 Å². The third-order valence-electron chi connectivity index (χ3n) is 3.63. The summed E-state index contributed by atoms with van der Waals surface area (Å²) in [5, 5.41) is 9.91. The lowest BCUT2D eigenvalue weighted by atomic mass is 10.1. The van der Waals surface area contributed by atoms with Gasteiger partial charge < -0.3 is 15.4 Å². The Morgan fingerprint density at radius 3 is 2.72 bits per heavy atom. The van der Waals surface area contributed by atoms with E-state index in [-0.39, 0.29) is 24.0 Å². The molecule has 0 spiro atoms. The maximum Gasteiger partial charge on any atom is 0.190 e. The van der Waals surface area contributed by atoms with Crippen LogP contribution >= 0.6 is 35.3 Å². The van der Waals surface area contributed by atoms with E-state index in [1.807, 2.05) is 19.1 Å². The zero-order chi connectivity index (χ0) is 17.2. The van der Waals surface area contributed by atoms with Gasteiger partial charge in [-0.25, -0.2) is 4.98 Å². The van der Waals surface area contributed by atoms with Crippen molar-refractivity contribution >= 4 is 41.3 Å². The van der Waals surface area contributed by atoms with Gasteiger partial charge in [0.05, 0.1) is 17.8 Å². The number of thiazole rings is 1. The highest BCUT2D eigenvalue weighted by Gasteiger charge is 2.01. The van der Waals surface area contributed by atoms with Gasteiger partial charge in [0, 0.05) is 31.9 Å². The molecule has 2 rings (SSSR count). The molecule has 0 radical (unpaired) electrons. The van der Waals surface area contributed by atoms with Crippen molar-refractivity contribution in [3.8, 4) is 5.75 Å². The van der Waals surface area contributed by atoms with Crippen LogP contribution in [0.1, 0.15) is 22.7 Å². The predicted octanol–water partition coefficient (Wildman–Crippen LogP) is 3.42. The van der Waals surface area contributed by atoms with Gasteiger partial charge in [-0.15, -0.1) is 35.3 Å². The van der Waals surface area contributed by atoms with Gasteiger partial charge in [-0.2, -0.15) is 0 Å².